The zero-order valence-electron chi connectivity index (χ0n) is 10.1. The molecule has 104 valence electrons. The van der Waals surface area contributed by atoms with Gasteiger partial charge in [-0.3, -0.25) is 9.59 Å². The summed E-state index contributed by atoms with van der Waals surface area (Å²) in [6.45, 7) is 0. The molecule has 1 saturated heterocycles. The van der Waals surface area contributed by atoms with Gasteiger partial charge in [0.2, 0.25) is 5.91 Å². The summed E-state index contributed by atoms with van der Waals surface area (Å²) in [6, 6.07) is 6.05. The van der Waals surface area contributed by atoms with Crippen LogP contribution in [0.5, 0.6) is 0 Å². The van der Waals surface area contributed by atoms with Crippen LogP contribution in [0, 0.1) is 5.82 Å². The van der Waals surface area contributed by atoms with Crippen LogP contribution >= 0.6 is 11.8 Å². The van der Waals surface area contributed by atoms with Gasteiger partial charge in [0, 0.05) is 5.56 Å². The fourth-order valence-corrected chi connectivity index (χ4v) is 2.38. The number of amides is 1. The normalized spacial score (nSPS) is 20.6. The summed E-state index contributed by atoms with van der Waals surface area (Å²) >= 11 is 0.987. The number of thioether (sulfide) groups is 1. The third-order valence-electron chi connectivity index (χ3n) is 2.39. The summed E-state index contributed by atoms with van der Waals surface area (Å²) in [5.74, 6) is -1.91. The predicted octanol–water partition coefficient (Wildman–Crippen LogP) is 1.22. The Hall–Kier alpha value is -2.22. The van der Waals surface area contributed by atoms with Crippen molar-refractivity contribution in [3.63, 3.8) is 0 Å². The molecule has 0 aromatic heterocycles. The quantitative estimate of drug-likeness (QED) is 0.645. The highest BCUT2D eigenvalue weighted by atomic mass is 32.2. The van der Waals surface area contributed by atoms with Crippen molar-refractivity contribution >= 4 is 35.0 Å². The van der Waals surface area contributed by atoms with Crippen LogP contribution in [0.3, 0.4) is 0 Å². The van der Waals surface area contributed by atoms with Gasteiger partial charge in [-0.25, -0.2) is 4.39 Å². The topological polar surface area (TPSA) is 91.1 Å². The minimum Gasteiger partial charge on any atom is -0.481 e. The second-order valence-corrected chi connectivity index (χ2v) is 5.06. The van der Waals surface area contributed by atoms with E-state index in [9.17, 15) is 14.0 Å². The first kappa shape index (κ1) is 14.2. The molecule has 1 heterocycles. The number of benzene rings is 1. The first-order chi connectivity index (χ1) is 9.56. The molecule has 2 rings (SSSR count). The lowest BCUT2D eigenvalue weighted by Crippen LogP contribution is -2.26. The van der Waals surface area contributed by atoms with Gasteiger partial charge in [-0.1, -0.05) is 30.0 Å². The van der Waals surface area contributed by atoms with E-state index in [2.05, 4.69) is 15.5 Å². The maximum atomic E-state index is 13.3. The Morgan fingerprint density at radius 3 is 2.95 bits per heavy atom. The van der Waals surface area contributed by atoms with Crippen LogP contribution in [0.4, 0.5) is 4.39 Å². The molecule has 1 aromatic carbocycles. The summed E-state index contributed by atoms with van der Waals surface area (Å²) in [6.07, 6.45) is 0.937. The molecule has 20 heavy (non-hydrogen) atoms. The molecule has 0 spiro atoms. The Morgan fingerprint density at radius 2 is 2.25 bits per heavy atom. The number of nitrogens with zero attached hydrogens (tertiary/aromatic N) is 2. The summed E-state index contributed by atoms with van der Waals surface area (Å²) in [4.78, 5) is 22.0. The molecule has 2 N–H and O–H groups in total. The van der Waals surface area contributed by atoms with Crippen LogP contribution < -0.4 is 5.32 Å². The molecule has 8 heteroatoms. The number of carbonyl (C=O) groups is 2. The number of hydrogen-bond donors (Lipinski definition) is 2. The van der Waals surface area contributed by atoms with E-state index in [1.807, 2.05) is 0 Å². The molecule has 1 aliphatic rings. The van der Waals surface area contributed by atoms with Crippen molar-refractivity contribution in [3.8, 4) is 0 Å². The Bertz CT molecular complexity index is 603. The summed E-state index contributed by atoms with van der Waals surface area (Å²) < 4.78 is 13.3. The molecule has 1 amide bonds. The zero-order valence-corrected chi connectivity index (χ0v) is 10.9. The summed E-state index contributed by atoms with van der Waals surface area (Å²) in [5.41, 5.74) is 0.272. The molecule has 0 radical (unpaired) electrons. The van der Waals surface area contributed by atoms with E-state index in [0.717, 1.165) is 11.8 Å². The highest BCUT2D eigenvalue weighted by molar-refractivity contribution is 8.15. The fraction of sp³-hybridized carbons (Fsp3) is 0.167. The van der Waals surface area contributed by atoms with Gasteiger partial charge in [0.1, 0.15) is 11.1 Å². The molecule has 1 aliphatic heterocycles. The SMILES string of the molecule is O=C(O)CC1S/C(=N/N=C/c2ccccc2F)NC1=O. The number of carboxylic acids is 1. The van der Waals surface area contributed by atoms with Crippen LogP contribution in [-0.4, -0.2) is 33.6 Å². The van der Waals surface area contributed by atoms with E-state index < -0.39 is 22.9 Å². The van der Waals surface area contributed by atoms with E-state index in [1.165, 1.54) is 18.3 Å². The molecular weight excluding hydrogens is 285 g/mol. The monoisotopic (exact) mass is 295 g/mol. The van der Waals surface area contributed by atoms with Crippen molar-refractivity contribution in [2.45, 2.75) is 11.7 Å². The number of hydrogen-bond acceptors (Lipinski definition) is 5. The van der Waals surface area contributed by atoms with Crippen molar-refractivity contribution < 1.29 is 19.1 Å². The van der Waals surface area contributed by atoms with Gasteiger partial charge in [-0.15, -0.1) is 5.10 Å². The Kier molecular flexibility index (Phi) is 4.46. The molecule has 0 aliphatic carbocycles. The molecule has 1 atom stereocenters. The molecule has 6 nitrogen and oxygen atoms in total. The van der Waals surface area contributed by atoms with Crippen LogP contribution in [0.2, 0.25) is 0 Å². The average molecular weight is 295 g/mol. The first-order valence-electron chi connectivity index (χ1n) is 5.61. The van der Waals surface area contributed by atoms with Crippen molar-refractivity contribution in [1.82, 2.24) is 5.32 Å². The lowest BCUT2D eigenvalue weighted by atomic mass is 10.2. The van der Waals surface area contributed by atoms with Crippen LogP contribution in [0.15, 0.2) is 34.5 Å². The fourth-order valence-electron chi connectivity index (χ4n) is 1.47. The maximum absolute atomic E-state index is 13.3. The van der Waals surface area contributed by atoms with Crippen molar-refractivity contribution in [1.29, 1.82) is 0 Å². The molecular formula is C12H10FN3O3S. The number of rotatable bonds is 4. The maximum Gasteiger partial charge on any atom is 0.305 e. The highest BCUT2D eigenvalue weighted by Crippen LogP contribution is 2.22. The van der Waals surface area contributed by atoms with Gasteiger partial charge in [0.05, 0.1) is 12.6 Å². The third-order valence-corrected chi connectivity index (χ3v) is 3.46. The average Bonchev–Trinajstić information content (AvgIpc) is 2.72. The Labute approximate surface area is 117 Å². The standard InChI is InChI=1S/C12H10FN3O3S/c13-8-4-2-1-3-7(8)6-14-16-12-15-11(19)9(20-12)5-10(17)18/h1-4,6,9H,5H2,(H,17,18)(H,15,16,19)/b14-6+. The largest absolute Gasteiger partial charge is 0.481 e. The van der Waals surface area contributed by atoms with Crippen LogP contribution in [0.1, 0.15) is 12.0 Å². The molecule has 1 fully saturated rings. The number of nitrogens with one attached hydrogen (secondary N) is 1. The van der Waals surface area contributed by atoms with Gasteiger partial charge in [0.15, 0.2) is 5.17 Å². The highest BCUT2D eigenvalue weighted by Gasteiger charge is 2.32. The molecule has 0 saturated carbocycles. The Morgan fingerprint density at radius 1 is 1.50 bits per heavy atom. The van der Waals surface area contributed by atoms with Crippen molar-refractivity contribution in [2.75, 3.05) is 0 Å². The van der Waals surface area contributed by atoms with Gasteiger partial charge < -0.3 is 10.4 Å². The lowest BCUT2D eigenvalue weighted by Gasteiger charge is -1.97. The molecule has 0 bridgehead atoms. The molecule has 1 aromatic rings. The van der Waals surface area contributed by atoms with Crippen molar-refractivity contribution in [2.24, 2.45) is 10.2 Å². The zero-order chi connectivity index (χ0) is 14.5. The van der Waals surface area contributed by atoms with E-state index in [0.29, 0.717) is 0 Å². The number of amidine groups is 1. The minimum absolute atomic E-state index is 0.203. The van der Waals surface area contributed by atoms with Gasteiger partial charge >= 0.3 is 5.97 Å². The van der Waals surface area contributed by atoms with Crippen LogP contribution in [0.25, 0.3) is 0 Å². The van der Waals surface area contributed by atoms with E-state index >= 15 is 0 Å². The number of halogens is 1. The van der Waals surface area contributed by atoms with Crippen LogP contribution in [-0.2, 0) is 9.59 Å². The van der Waals surface area contributed by atoms with E-state index in [-0.39, 0.29) is 17.2 Å². The number of carbonyl (C=O) groups excluding carboxylic acids is 1. The first-order valence-corrected chi connectivity index (χ1v) is 6.49. The summed E-state index contributed by atoms with van der Waals surface area (Å²) in [5, 5.41) is 17.9. The van der Waals surface area contributed by atoms with Gasteiger partial charge in [-0.2, -0.15) is 5.10 Å². The second kappa shape index (κ2) is 6.29. The third kappa shape index (κ3) is 3.64. The van der Waals surface area contributed by atoms with E-state index in [4.69, 9.17) is 5.11 Å². The number of aliphatic carboxylic acids is 1. The second-order valence-electron chi connectivity index (χ2n) is 3.86. The lowest BCUT2D eigenvalue weighted by molar-refractivity contribution is -0.138. The number of carboxylic acid groups (broad SMARTS) is 1. The smallest absolute Gasteiger partial charge is 0.305 e. The summed E-state index contributed by atoms with van der Waals surface area (Å²) in [7, 11) is 0. The van der Waals surface area contributed by atoms with Crippen molar-refractivity contribution in [3.05, 3.63) is 35.6 Å². The predicted molar refractivity (Wildman–Crippen MR) is 73.2 cm³/mol. The molecule has 1 unspecified atom stereocenters. The van der Waals surface area contributed by atoms with Gasteiger partial charge in [-0.05, 0) is 6.07 Å². The van der Waals surface area contributed by atoms with E-state index in [1.54, 1.807) is 12.1 Å². The minimum atomic E-state index is -1.06. The van der Waals surface area contributed by atoms with Gasteiger partial charge in [0.25, 0.3) is 0 Å². The Balaban J connectivity index is 2.01.